The molecule has 0 bridgehead atoms. The molecule has 0 aliphatic carbocycles. The van der Waals surface area contributed by atoms with Crippen LogP contribution in [0, 0.1) is 17.8 Å². The van der Waals surface area contributed by atoms with Gasteiger partial charge >= 0.3 is 39.5 Å². The number of hydrogen-bond acceptors (Lipinski definition) is 15. The first kappa shape index (κ1) is 93.5. The Morgan fingerprint density at radius 1 is 0.344 bits per heavy atom. The number of ether oxygens (including phenoxy) is 4. The summed E-state index contributed by atoms with van der Waals surface area (Å²) in [5.41, 5.74) is 0. The van der Waals surface area contributed by atoms with Crippen molar-refractivity contribution in [3.8, 4) is 0 Å². The molecule has 0 aliphatic rings. The first-order chi connectivity index (χ1) is 46.3. The Labute approximate surface area is 586 Å². The lowest BCUT2D eigenvalue weighted by atomic mass is 10.00. The van der Waals surface area contributed by atoms with Crippen LogP contribution in [0.15, 0.2) is 24.3 Å². The molecule has 0 aromatic heterocycles. The Morgan fingerprint density at radius 2 is 0.615 bits per heavy atom. The Morgan fingerprint density at radius 3 is 0.927 bits per heavy atom. The first-order valence-corrected chi connectivity index (χ1v) is 42.2. The average Bonchev–Trinajstić information content (AvgIpc) is 1.84. The summed E-state index contributed by atoms with van der Waals surface area (Å²) < 4.78 is 68.5. The third-order valence-corrected chi connectivity index (χ3v) is 19.5. The summed E-state index contributed by atoms with van der Waals surface area (Å²) in [4.78, 5) is 72.8. The van der Waals surface area contributed by atoms with Gasteiger partial charge in [0.15, 0.2) is 12.2 Å². The molecule has 0 aliphatic heterocycles. The smallest absolute Gasteiger partial charge is 0.462 e. The van der Waals surface area contributed by atoms with Gasteiger partial charge < -0.3 is 33.8 Å². The highest BCUT2D eigenvalue weighted by Crippen LogP contribution is 2.45. The standard InChI is InChI=1S/C77H146O17P2/c1-8-10-11-12-13-14-15-16-18-22-25-32-37-46-53-61-77(82)94-73(65-88-75(80)59-52-45-40-39-43-50-57-70(7)9-2)67-92-96(85,86)90-63-71(78)62-89-95(83,84)91-66-72(64-87-74(79)58-51-44-36-31-28-27-30-35-42-49-56-69(5)6)93-76(81)60-54-47-38-33-26-23-20-17-19-21-24-29-34-41-48-55-68(3)4/h14-16,18,68-73,78H,8-13,17,19-67H2,1-7H3,(H,83,84)(H,85,86)/b15-14-,18-16-/t70?,71-,72-,73-/m1/s1. The van der Waals surface area contributed by atoms with Crippen LogP contribution in [0.25, 0.3) is 0 Å². The highest BCUT2D eigenvalue weighted by Gasteiger charge is 2.30. The lowest BCUT2D eigenvalue weighted by Crippen LogP contribution is -2.30. The summed E-state index contributed by atoms with van der Waals surface area (Å²) in [5, 5.41) is 10.6. The SMILES string of the molecule is CCCCCC/C=C\C=C/CCCCCCCC(=O)O[C@H](COC(=O)CCCCCCCCC(C)CC)COP(=O)(O)OC[C@H](O)COP(=O)(O)OC[C@@H](COC(=O)CCCCCCCCCCCCC(C)C)OC(=O)CCCCCCCCCCCCCCCCCC(C)C. The van der Waals surface area contributed by atoms with Crippen LogP contribution in [0.2, 0.25) is 0 Å². The van der Waals surface area contributed by atoms with E-state index in [1.165, 1.54) is 161 Å². The lowest BCUT2D eigenvalue weighted by Gasteiger charge is -2.21. The molecule has 19 heteroatoms. The number of esters is 4. The number of aliphatic hydroxyl groups excluding tert-OH is 1. The Kier molecular flexibility index (Phi) is 65.3. The minimum absolute atomic E-state index is 0.0839. The van der Waals surface area contributed by atoms with Gasteiger partial charge in [0, 0.05) is 25.7 Å². The highest BCUT2D eigenvalue weighted by molar-refractivity contribution is 7.47. The third-order valence-electron chi connectivity index (χ3n) is 17.6. The van der Waals surface area contributed by atoms with Gasteiger partial charge in [0.2, 0.25) is 0 Å². The van der Waals surface area contributed by atoms with Gasteiger partial charge in [-0.3, -0.25) is 37.3 Å². The van der Waals surface area contributed by atoms with Crippen molar-refractivity contribution >= 4 is 39.5 Å². The summed E-state index contributed by atoms with van der Waals surface area (Å²) in [6.45, 7) is 11.8. The molecular formula is C77H146O17P2. The zero-order valence-corrected chi connectivity index (χ0v) is 64.1. The molecule has 0 fully saturated rings. The van der Waals surface area contributed by atoms with Crippen LogP contribution in [0.3, 0.4) is 0 Å². The fourth-order valence-corrected chi connectivity index (χ4v) is 12.8. The molecule has 6 atom stereocenters. The van der Waals surface area contributed by atoms with Crippen LogP contribution < -0.4 is 0 Å². The second-order valence-corrected chi connectivity index (χ2v) is 31.2. The van der Waals surface area contributed by atoms with E-state index in [-0.39, 0.29) is 25.7 Å². The number of unbranched alkanes of at least 4 members (excludes halogenated alkanes) is 37. The molecule has 0 amide bonds. The molecule has 3 unspecified atom stereocenters. The van der Waals surface area contributed by atoms with Crippen molar-refractivity contribution in [2.45, 2.75) is 388 Å². The van der Waals surface area contributed by atoms with Gasteiger partial charge in [-0.05, 0) is 69.1 Å². The summed E-state index contributed by atoms with van der Waals surface area (Å²) in [6, 6.07) is 0. The number of aliphatic hydroxyl groups is 1. The van der Waals surface area contributed by atoms with Gasteiger partial charge in [-0.2, -0.15) is 0 Å². The van der Waals surface area contributed by atoms with Crippen molar-refractivity contribution in [3.05, 3.63) is 24.3 Å². The van der Waals surface area contributed by atoms with Crippen LogP contribution >= 0.6 is 15.6 Å². The first-order valence-electron chi connectivity index (χ1n) is 39.2. The number of phosphoric acid groups is 2. The number of allylic oxidation sites excluding steroid dienone is 4. The van der Waals surface area contributed by atoms with Gasteiger partial charge in [-0.25, -0.2) is 9.13 Å². The third kappa shape index (κ3) is 68.7. The molecule has 0 spiro atoms. The minimum Gasteiger partial charge on any atom is -0.462 e. The number of hydrogen-bond donors (Lipinski definition) is 3. The van der Waals surface area contributed by atoms with Crippen molar-refractivity contribution in [2.24, 2.45) is 17.8 Å². The molecule has 0 heterocycles. The van der Waals surface area contributed by atoms with Crippen molar-refractivity contribution < 1.29 is 80.2 Å². The molecule has 0 saturated heterocycles. The van der Waals surface area contributed by atoms with Crippen molar-refractivity contribution in [3.63, 3.8) is 0 Å². The summed E-state index contributed by atoms with van der Waals surface area (Å²) in [5.74, 6) is 0.137. The van der Waals surface area contributed by atoms with Gasteiger partial charge in [0.05, 0.1) is 26.4 Å². The fourth-order valence-electron chi connectivity index (χ4n) is 11.2. The zero-order valence-electron chi connectivity index (χ0n) is 62.3. The number of phosphoric ester groups is 2. The maximum Gasteiger partial charge on any atom is 0.472 e. The van der Waals surface area contributed by atoms with Crippen molar-refractivity contribution in [2.75, 3.05) is 39.6 Å². The topological polar surface area (TPSA) is 237 Å². The van der Waals surface area contributed by atoms with Crippen LogP contribution in [0.5, 0.6) is 0 Å². The Bertz CT molecular complexity index is 1970. The van der Waals surface area contributed by atoms with E-state index in [2.05, 4.69) is 72.8 Å². The molecule has 566 valence electrons. The second kappa shape index (κ2) is 67.1. The van der Waals surface area contributed by atoms with Crippen LogP contribution in [0.4, 0.5) is 0 Å². The van der Waals surface area contributed by atoms with E-state index in [0.717, 1.165) is 127 Å². The summed E-state index contributed by atoms with van der Waals surface area (Å²) in [7, 11) is -9.93. The van der Waals surface area contributed by atoms with Crippen molar-refractivity contribution in [1.82, 2.24) is 0 Å². The number of carbonyl (C=O) groups is 4. The second-order valence-electron chi connectivity index (χ2n) is 28.3. The highest BCUT2D eigenvalue weighted by atomic mass is 31.2. The largest absolute Gasteiger partial charge is 0.472 e. The average molecular weight is 1410 g/mol. The Hall–Kier alpha value is -2.46. The van der Waals surface area contributed by atoms with Crippen LogP contribution in [0.1, 0.15) is 370 Å². The van der Waals surface area contributed by atoms with E-state index >= 15 is 0 Å². The molecule has 17 nitrogen and oxygen atoms in total. The maximum atomic E-state index is 13.1. The molecular weight excluding hydrogens is 1260 g/mol. The lowest BCUT2D eigenvalue weighted by molar-refractivity contribution is -0.161. The van der Waals surface area contributed by atoms with Gasteiger partial charge in [0.25, 0.3) is 0 Å². The molecule has 0 rings (SSSR count). The van der Waals surface area contributed by atoms with E-state index in [9.17, 15) is 43.2 Å². The monoisotopic (exact) mass is 1410 g/mol. The predicted octanol–water partition coefficient (Wildman–Crippen LogP) is 22.1. The molecule has 0 aromatic rings. The predicted molar refractivity (Wildman–Crippen MR) is 390 cm³/mol. The van der Waals surface area contributed by atoms with E-state index in [0.29, 0.717) is 25.7 Å². The van der Waals surface area contributed by atoms with Gasteiger partial charge in [-0.1, -0.05) is 317 Å². The zero-order chi connectivity index (χ0) is 70.9. The van der Waals surface area contributed by atoms with Crippen LogP contribution in [-0.2, 0) is 65.4 Å². The molecule has 3 N–H and O–H groups in total. The number of carbonyl (C=O) groups excluding carboxylic acids is 4. The quantitative estimate of drug-likeness (QED) is 0.0169. The van der Waals surface area contributed by atoms with Gasteiger partial charge in [0.1, 0.15) is 19.3 Å². The maximum absolute atomic E-state index is 13.1. The van der Waals surface area contributed by atoms with Crippen molar-refractivity contribution in [1.29, 1.82) is 0 Å². The van der Waals surface area contributed by atoms with E-state index in [1.807, 2.05) is 0 Å². The minimum atomic E-state index is -4.96. The van der Waals surface area contributed by atoms with Gasteiger partial charge in [-0.15, -0.1) is 0 Å². The fraction of sp³-hybridized carbons (Fsp3) is 0.896. The number of rotatable bonds is 73. The van der Waals surface area contributed by atoms with Crippen LogP contribution in [-0.4, -0.2) is 96.7 Å². The Balaban J connectivity index is 5.28. The molecule has 0 saturated carbocycles. The molecule has 0 radical (unpaired) electrons. The summed E-state index contributed by atoms with van der Waals surface area (Å²) >= 11 is 0. The van der Waals surface area contributed by atoms with E-state index in [4.69, 9.17) is 37.0 Å². The normalized spacial score (nSPS) is 14.5. The van der Waals surface area contributed by atoms with E-state index < -0.39 is 97.5 Å². The summed E-state index contributed by atoms with van der Waals surface area (Å²) in [6.07, 6.45) is 56.3. The molecule has 96 heavy (non-hydrogen) atoms. The van der Waals surface area contributed by atoms with E-state index in [1.54, 1.807) is 0 Å². The molecule has 0 aromatic carbocycles.